The van der Waals surface area contributed by atoms with E-state index in [1.807, 2.05) is 0 Å². The number of benzene rings is 1. The third kappa shape index (κ3) is 4.16. The van der Waals surface area contributed by atoms with Crippen LogP contribution in [-0.4, -0.2) is 32.5 Å². The van der Waals surface area contributed by atoms with Crippen LogP contribution in [0.2, 0.25) is 0 Å². The van der Waals surface area contributed by atoms with Crippen LogP contribution in [0, 0.1) is 10.1 Å². The summed E-state index contributed by atoms with van der Waals surface area (Å²) in [6.45, 7) is -1.41. The summed E-state index contributed by atoms with van der Waals surface area (Å²) >= 11 is 0. The van der Waals surface area contributed by atoms with Crippen LogP contribution in [0.25, 0.3) is 0 Å². The van der Waals surface area contributed by atoms with Crippen molar-refractivity contribution in [2.24, 2.45) is 0 Å². The fourth-order valence-electron chi connectivity index (χ4n) is 1.55. The molecule has 2 rings (SSSR count). The van der Waals surface area contributed by atoms with E-state index in [0.717, 1.165) is 11.0 Å². The predicted octanol–water partition coefficient (Wildman–Crippen LogP) is 2.18. The predicted molar refractivity (Wildman–Crippen MR) is 63.8 cm³/mol. The molecule has 1 aromatic carbocycles. The van der Waals surface area contributed by atoms with Gasteiger partial charge in [0.2, 0.25) is 6.33 Å². The standard InChI is InChI=1S/C11H9F3N4O3/c12-11(13,14)6-21-9-4-2-1-3-8(9)5-17-7-15-10(16-17)18(19)20/h1-4,7H,5-6H2. The van der Waals surface area contributed by atoms with Crippen molar-refractivity contribution in [1.82, 2.24) is 14.8 Å². The van der Waals surface area contributed by atoms with E-state index in [2.05, 4.69) is 10.1 Å². The van der Waals surface area contributed by atoms with Crippen molar-refractivity contribution in [3.63, 3.8) is 0 Å². The second kappa shape index (κ2) is 5.77. The average molecular weight is 302 g/mol. The maximum atomic E-state index is 12.2. The molecule has 1 heterocycles. The first-order chi connectivity index (χ1) is 9.85. The summed E-state index contributed by atoms with van der Waals surface area (Å²) in [4.78, 5) is 13.2. The molecule has 0 aliphatic heterocycles. The Morgan fingerprint density at radius 2 is 2.05 bits per heavy atom. The van der Waals surface area contributed by atoms with E-state index in [1.165, 1.54) is 12.1 Å². The number of alkyl halides is 3. The molecule has 21 heavy (non-hydrogen) atoms. The molecule has 0 saturated carbocycles. The maximum Gasteiger partial charge on any atom is 0.490 e. The topological polar surface area (TPSA) is 83.1 Å². The zero-order chi connectivity index (χ0) is 15.5. The smallest absolute Gasteiger partial charge is 0.484 e. The summed E-state index contributed by atoms with van der Waals surface area (Å²) in [5.41, 5.74) is 0.404. The number of aromatic nitrogens is 3. The Hall–Kier alpha value is -2.65. The van der Waals surface area contributed by atoms with Gasteiger partial charge in [-0.1, -0.05) is 23.2 Å². The van der Waals surface area contributed by atoms with Crippen LogP contribution in [0.15, 0.2) is 30.6 Å². The zero-order valence-electron chi connectivity index (χ0n) is 10.4. The Balaban J connectivity index is 2.13. The van der Waals surface area contributed by atoms with Crippen LogP contribution in [-0.2, 0) is 6.54 Å². The average Bonchev–Trinajstić information content (AvgIpc) is 2.85. The first-order valence-corrected chi connectivity index (χ1v) is 5.66. The molecule has 0 saturated heterocycles. The molecule has 0 N–H and O–H groups in total. The van der Waals surface area contributed by atoms with Crippen molar-refractivity contribution in [2.75, 3.05) is 6.61 Å². The molecule has 10 heteroatoms. The molecule has 0 bridgehead atoms. The molecule has 0 fully saturated rings. The molecule has 7 nitrogen and oxygen atoms in total. The summed E-state index contributed by atoms with van der Waals surface area (Å²) in [6, 6.07) is 6.06. The Morgan fingerprint density at radius 3 is 2.67 bits per heavy atom. The molecule has 0 aliphatic rings. The van der Waals surface area contributed by atoms with Crippen molar-refractivity contribution in [1.29, 1.82) is 0 Å². The van der Waals surface area contributed by atoms with E-state index in [0.29, 0.717) is 5.56 Å². The van der Waals surface area contributed by atoms with Gasteiger partial charge in [0.15, 0.2) is 6.61 Å². The van der Waals surface area contributed by atoms with E-state index in [-0.39, 0.29) is 12.3 Å². The minimum Gasteiger partial charge on any atom is -0.484 e. The number of nitro groups is 1. The van der Waals surface area contributed by atoms with Gasteiger partial charge in [0.05, 0.1) is 6.54 Å². The fourth-order valence-corrected chi connectivity index (χ4v) is 1.55. The van der Waals surface area contributed by atoms with Gasteiger partial charge in [-0.15, -0.1) is 0 Å². The van der Waals surface area contributed by atoms with Crippen molar-refractivity contribution >= 4 is 5.95 Å². The SMILES string of the molecule is O=[N+]([O-])c1ncn(Cc2ccccc2OCC(F)(F)F)n1. The molecule has 2 aromatic rings. The lowest BCUT2D eigenvalue weighted by Crippen LogP contribution is -2.20. The number of ether oxygens (including phenoxy) is 1. The Morgan fingerprint density at radius 1 is 1.33 bits per heavy atom. The lowest BCUT2D eigenvalue weighted by atomic mass is 10.2. The first kappa shape index (κ1) is 14.8. The molecule has 0 aliphatic carbocycles. The van der Waals surface area contributed by atoms with Gasteiger partial charge >= 0.3 is 12.1 Å². The van der Waals surface area contributed by atoms with Crippen molar-refractivity contribution in [3.8, 4) is 5.75 Å². The quantitative estimate of drug-likeness (QED) is 0.624. The molecule has 0 atom stereocenters. The molecule has 112 valence electrons. The Kier molecular flexibility index (Phi) is 4.05. The molecule has 0 unspecified atom stereocenters. The van der Waals surface area contributed by atoms with Gasteiger partial charge in [-0.25, -0.2) is 0 Å². The molecule has 0 radical (unpaired) electrons. The zero-order valence-corrected chi connectivity index (χ0v) is 10.4. The van der Waals surface area contributed by atoms with Crippen LogP contribution in [0.3, 0.4) is 0 Å². The number of halogens is 3. The summed E-state index contributed by atoms with van der Waals surface area (Å²) < 4.78 is 42.3. The van der Waals surface area contributed by atoms with Crippen molar-refractivity contribution < 1.29 is 22.8 Å². The summed E-state index contributed by atoms with van der Waals surface area (Å²) in [7, 11) is 0. The van der Waals surface area contributed by atoms with E-state index < -0.39 is 23.7 Å². The highest BCUT2D eigenvalue weighted by Crippen LogP contribution is 2.22. The van der Waals surface area contributed by atoms with Gasteiger partial charge < -0.3 is 14.9 Å². The van der Waals surface area contributed by atoms with E-state index in [1.54, 1.807) is 12.1 Å². The number of para-hydroxylation sites is 1. The Bertz CT molecular complexity index is 642. The third-order valence-electron chi connectivity index (χ3n) is 2.38. The second-order valence-electron chi connectivity index (χ2n) is 4.01. The van der Waals surface area contributed by atoms with Crippen LogP contribution in [0.4, 0.5) is 19.1 Å². The lowest BCUT2D eigenvalue weighted by molar-refractivity contribution is -0.394. The van der Waals surface area contributed by atoms with Gasteiger partial charge in [-0.3, -0.25) is 0 Å². The van der Waals surface area contributed by atoms with Crippen LogP contribution in [0.1, 0.15) is 5.56 Å². The highest BCUT2D eigenvalue weighted by atomic mass is 19.4. The number of hydrogen-bond acceptors (Lipinski definition) is 5. The maximum absolute atomic E-state index is 12.2. The summed E-state index contributed by atoms with van der Waals surface area (Å²) in [5, 5.41) is 14.0. The van der Waals surface area contributed by atoms with Gasteiger partial charge in [0.1, 0.15) is 5.75 Å². The third-order valence-corrected chi connectivity index (χ3v) is 2.38. The van der Waals surface area contributed by atoms with Crippen LogP contribution < -0.4 is 4.74 Å². The molecular formula is C11H9F3N4O3. The lowest BCUT2D eigenvalue weighted by Gasteiger charge is -2.12. The van der Waals surface area contributed by atoms with Crippen LogP contribution >= 0.6 is 0 Å². The fraction of sp³-hybridized carbons (Fsp3) is 0.273. The molecule has 1 aromatic heterocycles. The minimum absolute atomic E-state index is 0.00880. The van der Waals surface area contributed by atoms with E-state index >= 15 is 0 Å². The van der Waals surface area contributed by atoms with Crippen molar-refractivity contribution in [3.05, 3.63) is 46.3 Å². The number of hydrogen-bond donors (Lipinski definition) is 0. The molecule has 0 amide bonds. The summed E-state index contributed by atoms with van der Waals surface area (Å²) in [5.74, 6) is -0.545. The number of rotatable bonds is 5. The highest BCUT2D eigenvalue weighted by Gasteiger charge is 2.28. The first-order valence-electron chi connectivity index (χ1n) is 5.66. The Labute approximate surface area is 116 Å². The number of nitrogens with zero attached hydrogens (tertiary/aromatic N) is 4. The molecular weight excluding hydrogens is 293 g/mol. The highest BCUT2D eigenvalue weighted by molar-refractivity contribution is 5.33. The molecule has 0 spiro atoms. The minimum atomic E-state index is -4.45. The van der Waals surface area contributed by atoms with E-state index in [9.17, 15) is 23.3 Å². The monoisotopic (exact) mass is 302 g/mol. The normalized spacial score (nSPS) is 11.4. The summed E-state index contributed by atoms with van der Waals surface area (Å²) in [6.07, 6.45) is -3.32. The largest absolute Gasteiger partial charge is 0.490 e. The van der Waals surface area contributed by atoms with Gasteiger partial charge in [0, 0.05) is 10.7 Å². The van der Waals surface area contributed by atoms with Gasteiger partial charge in [-0.2, -0.15) is 17.9 Å². The van der Waals surface area contributed by atoms with E-state index in [4.69, 9.17) is 4.74 Å². The second-order valence-corrected chi connectivity index (χ2v) is 4.01. The van der Waals surface area contributed by atoms with Crippen LogP contribution in [0.5, 0.6) is 5.75 Å². The van der Waals surface area contributed by atoms with Crippen molar-refractivity contribution in [2.45, 2.75) is 12.7 Å². The van der Waals surface area contributed by atoms with Gasteiger partial charge in [-0.05, 0) is 11.0 Å². The van der Waals surface area contributed by atoms with Gasteiger partial charge in [0.25, 0.3) is 0 Å².